The van der Waals surface area contributed by atoms with Gasteiger partial charge >= 0.3 is 12.0 Å². The number of anilines is 1. The maximum atomic E-state index is 12.2. The summed E-state index contributed by atoms with van der Waals surface area (Å²) in [5.41, 5.74) is 5.96. The van der Waals surface area contributed by atoms with Gasteiger partial charge in [0.25, 0.3) is 5.91 Å². The molecule has 0 atom stereocenters. The van der Waals surface area contributed by atoms with Crippen LogP contribution in [0.2, 0.25) is 0 Å². The highest BCUT2D eigenvalue weighted by Gasteiger charge is 2.16. The average molecular weight is 355 g/mol. The maximum absolute atomic E-state index is 12.2. The number of urea groups is 1. The van der Waals surface area contributed by atoms with E-state index in [0.717, 1.165) is 5.56 Å². The number of benzene rings is 2. The molecule has 0 aromatic heterocycles. The molecule has 0 spiro atoms. The van der Waals surface area contributed by atoms with Crippen LogP contribution in [0.3, 0.4) is 0 Å². The van der Waals surface area contributed by atoms with Crippen molar-refractivity contribution in [2.75, 3.05) is 11.9 Å². The van der Waals surface area contributed by atoms with Gasteiger partial charge in [0.2, 0.25) is 5.91 Å². The van der Waals surface area contributed by atoms with Gasteiger partial charge in [-0.05, 0) is 17.7 Å². The molecule has 0 aliphatic heterocycles. The first kappa shape index (κ1) is 18.7. The zero-order chi connectivity index (χ0) is 18.9. The number of esters is 1. The molecule has 4 N–H and O–H groups in total. The third kappa shape index (κ3) is 5.75. The quantitative estimate of drug-likeness (QED) is 0.671. The summed E-state index contributed by atoms with van der Waals surface area (Å²) in [5.74, 6) is -1.97. The van der Waals surface area contributed by atoms with Crippen LogP contribution >= 0.6 is 0 Å². The topological polar surface area (TPSA) is 128 Å². The van der Waals surface area contributed by atoms with Gasteiger partial charge in [-0.15, -0.1) is 0 Å². The van der Waals surface area contributed by atoms with Crippen molar-refractivity contribution in [3.8, 4) is 0 Å². The largest absolute Gasteiger partial charge is 0.452 e. The highest BCUT2D eigenvalue weighted by atomic mass is 16.5. The van der Waals surface area contributed by atoms with Crippen LogP contribution in [0.25, 0.3) is 0 Å². The number of para-hydroxylation sites is 1. The number of nitrogens with one attached hydrogen (secondary N) is 2. The first-order valence-electron chi connectivity index (χ1n) is 7.65. The Bertz CT molecular complexity index is 821. The fourth-order valence-corrected chi connectivity index (χ4v) is 2.13. The molecule has 134 valence electrons. The van der Waals surface area contributed by atoms with E-state index in [0.29, 0.717) is 0 Å². The van der Waals surface area contributed by atoms with Crippen LogP contribution in [-0.2, 0) is 20.7 Å². The highest BCUT2D eigenvalue weighted by molar-refractivity contribution is 6.02. The maximum Gasteiger partial charge on any atom is 0.340 e. The Kier molecular flexibility index (Phi) is 6.44. The van der Waals surface area contributed by atoms with Gasteiger partial charge < -0.3 is 15.8 Å². The Morgan fingerprint density at radius 3 is 2.23 bits per heavy atom. The lowest BCUT2D eigenvalue weighted by molar-refractivity contribution is -0.123. The number of imide groups is 1. The van der Waals surface area contributed by atoms with Gasteiger partial charge in [-0.2, -0.15) is 0 Å². The first-order chi connectivity index (χ1) is 12.5. The molecule has 0 aliphatic carbocycles. The minimum atomic E-state index is -1.04. The number of rotatable bonds is 6. The van der Waals surface area contributed by atoms with Crippen LogP contribution in [0.1, 0.15) is 15.9 Å². The van der Waals surface area contributed by atoms with Crippen molar-refractivity contribution in [3.05, 3.63) is 65.7 Å². The SMILES string of the molecule is NC(=O)NC(=O)COC(=O)c1ccccc1NC(=O)Cc1ccccc1. The normalized spacial score (nSPS) is 9.85. The molecule has 2 rings (SSSR count). The monoisotopic (exact) mass is 355 g/mol. The van der Waals surface area contributed by atoms with Crippen molar-refractivity contribution < 1.29 is 23.9 Å². The van der Waals surface area contributed by atoms with Crippen LogP contribution in [0.15, 0.2) is 54.6 Å². The van der Waals surface area contributed by atoms with E-state index in [1.54, 1.807) is 23.5 Å². The van der Waals surface area contributed by atoms with Gasteiger partial charge in [0.15, 0.2) is 6.61 Å². The minimum Gasteiger partial charge on any atom is -0.452 e. The fraction of sp³-hybridized carbons (Fsp3) is 0.111. The Morgan fingerprint density at radius 1 is 0.885 bits per heavy atom. The van der Waals surface area contributed by atoms with Gasteiger partial charge in [0, 0.05) is 0 Å². The summed E-state index contributed by atoms with van der Waals surface area (Å²) >= 11 is 0. The van der Waals surface area contributed by atoms with Gasteiger partial charge in [-0.3, -0.25) is 14.9 Å². The number of hydrogen-bond acceptors (Lipinski definition) is 5. The summed E-state index contributed by atoms with van der Waals surface area (Å²) in [4.78, 5) is 46.1. The highest BCUT2D eigenvalue weighted by Crippen LogP contribution is 2.16. The number of hydrogen-bond donors (Lipinski definition) is 3. The summed E-state index contributed by atoms with van der Waals surface area (Å²) in [6.07, 6.45) is 0.144. The Balaban J connectivity index is 2.00. The van der Waals surface area contributed by atoms with Crippen LogP contribution in [0.5, 0.6) is 0 Å². The summed E-state index contributed by atoms with van der Waals surface area (Å²) in [7, 11) is 0. The third-order valence-corrected chi connectivity index (χ3v) is 3.23. The molecule has 2 aromatic rings. The number of carbonyl (C=O) groups excluding carboxylic acids is 4. The standard InChI is InChI=1S/C18H17N3O5/c19-18(25)21-16(23)11-26-17(24)13-8-4-5-9-14(13)20-15(22)10-12-6-2-1-3-7-12/h1-9H,10-11H2,(H,20,22)(H3,19,21,23,25). The molecule has 8 nitrogen and oxygen atoms in total. The van der Waals surface area contributed by atoms with Crippen LogP contribution in [0, 0.1) is 0 Å². The van der Waals surface area contributed by atoms with Crippen molar-refractivity contribution in [2.45, 2.75) is 6.42 Å². The number of nitrogens with two attached hydrogens (primary N) is 1. The number of amides is 4. The zero-order valence-corrected chi connectivity index (χ0v) is 13.7. The molecule has 0 fully saturated rings. The zero-order valence-electron chi connectivity index (χ0n) is 13.7. The Morgan fingerprint density at radius 2 is 1.54 bits per heavy atom. The van der Waals surface area contributed by atoms with Crippen LogP contribution in [0.4, 0.5) is 10.5 Å². The fourth-order valence-electron chi connectivity index (χ4n) is 2.13. The summed E-state index contributed by atoms with van der Waals surface area (Å²) in [6, 6.07) is 14.3. The smallest absolute Gasteiger partial charge is 0.340 e. The average Bonchev–Trinajstić information content (AvgIpc) is 2.60. The molecule has 0 unspecified atom stereocenters. The molecule has 0 radical (unpaired) electrons. The molecule has 26 heavy (non-hydrogen) atoms. The van der Waals surface area contributed by atoms with Gasteiger partial charge in [-0.25, -0.2) is 9.59 Å². The summed E-state index contributed by atoms with van der Waals surface area (Å²) < 4.78 is 4.82. The molecular weight excluding hydrogens is 338 g/mol. The Hall–Kier alpha value is -3.68. The lowest BCUT2D eigenvalue weighted by atomic mass is 10.1. The molecule has 0 aliphatic rings. The molecule has 0 heterocycles. The minimum absolute atomic E-state index is 0.0841. The van der Waals surface area contributed by atoms with Crippen molar-refractivity contribution in [3.63, 3.8) is 0 Å². The van der Waals surface area contributed by atoms with E-state index in [1.807, 2.05) is 30.3 Å². The predicted octanol–water partition coefficient (Wildman–Crippen LogP) is 1.22. The van der Waals surface area contributed by atoms with Crippen molar-refractivity contribution in [1.29, 1.82) is 0 Å². The lowest BCUT2D eigenvalue weighted by Crippen LogP contribution is -2.37. The van der Waals surface area contributed by atoms with Gasteiger partial charge in [-0.1, -0.05) is 42.5 Å². The van der Waals surface area contributed by atoms with E-state index < -0.39 is 24.5 Å². The molecule has 0 saturated heterocycles. The van der Waals surface area contributed by atoms with Crippen LogP contribution < -0.4 is 16.4 Å². The first-order valence-corrected chi connectivity index (χ1v) is 7.65. The number of primary amides is 1. The molecule has 0 saturated carbocycles. The second kappa shape index (κ2) is 8.97. The molecule has 2 aromatic carbocycles. The summed E-state index contributed by atoms with van der Waals surface area (Å²) in [6.45, 7) is -0.673. The van der Waals surface area contributed by atoms with Crippen molar-refractivity contribution >= 4 is 29.5 Å². The van der Waals surface area contributed by atoms with E-state index >= 15 is 0 Å². The predicted molar refractivity (Wildman–Crippen MR) is 93.2 cm³/mol. The molecule has 4 amide bonds. The van der Waals surface area contributed by atoms with E-state index in [9.17, 15) is 19.2 Å². The second-order valence-corrected chi connectivity index (χ2v) is 5.24. The molecular formula is C18H17N3O5. The molecule has 0 bridgehead atoms. The number of carbonyl (C=O) groups is 4. The van der Waals surface area contributed by atoms with E-state index in [1.165, 1.54) is 6.07 Å². The van der Waals surface area contributed by atoms with Crippen molar-refractivity contribution in [1.82, 2.24) is 5.32 Å². The van der Waals surface area contributed by atoms with Crippen LogP contribution in [-0.4, -0.2) is 30.4 Å². The third-order valence-electron chi connectivity index (χ3n) is 3.23. The summed E-state index contributed by atoms with van der Waals surface area (Å²) in [5, 5.41) is 4.42. The van der Waals surface area contributed by atoms with E-state index in [-0.39, 0.29) is 23.6 Å². The molecule has 8 heteroatoms. The van der Waals surface area contributed by atoms with Gasteiger partial charge in [0.05, 0.1) is 17.7 Å². The van der Waals surface area contributed by atoms with E-state index in [4.69, 9.17) is 10.5 Å². The lowest BCUT2D eigenvalue weighted by Gasteiger charge is -2.11. The van der Waals surface area contributed by atoms with E-state index in [2.05, 4.69) is 5.32 Å². The van der Waals surface area contributed by atoms with Crippen molar-refractivity contribution in [2.24, 2.45) is 5.73 Å². The second-order valence-electron chi connectivity index (χ2n) is 5.24. The van der Waals surface area contributed by atoms with Gasteiger partial charge in [0.1, 0.15) is 0 Å². The number of ether oxygens (including phenoxy) is 1. The Labute approximate surface area is 149 Å².